The summed E-state index contributed by atoms with van der Waals surface area (Å²) < 4.78 is 1.81. The van der Waals surface area contributed by atoms with E-state index < -0.39 is 0 Å². The number of nitrogens with zero attached hydrogens (tertiary/aromatic N) is 3. The molecule has 2 aromatic heterocycles. The molecular formula is C15H21ClN4. The van der Waals surface area contributed by atoms with E-state index in [1.807, 2.05) is 30.1 Å². The molecule has 0 spiro atoms. The first-order valence-corrected chi connectivity index (χ1v) is 7.10. The summed E-state index contributed by atoms with van der Waals surface area (Å²) in [6.45, 7) is 9.81. The number of hydrogen-bond acceptors (Lipinski definition) is 3. The lowest BCUT2D eigenvalue weighted by atomic mass is 10.1. The molecule has 0 saturated carbocycles. The van der Waals surface area contributed by atoms with Crippen molar-refractivity contribution in [2.24, 2.45) is 0 Å². The first-order valence-electron chi connectivity index (χ1n) is 6.72. The molecule has 2 rings (SSSR count). The highest BCUT2D eigenvalue weighted by Gasteiger charge is 2.08. The minimum Gasteiger partial charge on any atom is -0.308 e. The average Bonchev–Trinajstić information content (AvgIpc) is 2.66. The first-order chi connectivity index (χ1) is 9.33. The van der Waals surface area contributed by atoms with E-state index in [0.29, 0.717) is 11.6 Å². The maximum absolute atomic E-state index is 5.99. The highest BCUT2D eigenvalue weighted by atomic mass is 35.5. The molecule has 0 bridgehead atoms. The molecular weight excluding hydrogens is 272 g/mol. The van der Waals surface area contributed by atoms with Crippen LogP contribution in [0, 0.1) is 6.92 Å². The lowest BCUT2D eigenvalue weighted by Crippen LogP contribution is -2.35. The number of aryl methyl sites for hydroxylation is 1. The second kappa shape index (κ2) is 5.94. The summed E-state index contributed by atoms with van der Waals surface area (Å²) in [4.78, 5) is 4.47. The van der Waals surface area contributed by atoms with Crippen molar-refractivity contribution >= 4 is 11.6 Å². The second-order valence-electron chi connectivity index (χ2n) is 6.02. The molecule has 0 fully saturated rings. The molecule has 20 heavy (non-hydrogen) atoms. The molecule has 0 amide bonds. The Morgan fingerprint density at radius 3 is 2.55 bits per heavy atom. The van der Waals surface area contributed by atoms with Crippen LogP contribution in [0.3, 0.4) is 0 Å². The van der Waals surface area contributed by atoms with E-state index in [1.165, 1.54) is 5.56 Å². The fourth-order valence-corrected chi connectivity index (χ4v) is 1.91. The zero-order chi connectivity index (χ0) is 14.8. The van der Waals surface area contributed by atoms with Crippen molar-refractivity contribution in [3.8, 4) is 0 Å². The zero-order valence-electron chi connectivity index (χ0n) is 12.4. The Hall–Kier alpha value is -1.39. The van der Waals surface area contributed by atoms with Gasteiger partial charge >= 0.3 is 0 Å². The van der Waals surface area contributed by atoms with E-state index in [-0.39, 0.29) is 5.54 Å². The van der Waals surface area contributed by atoms with Gasteiger partial charge in [-0.25, -0.2) is 0 Å². The molecule has 2 heterocycles. The van der Waals surface area contributed by atoms with Crippen molar-refractivity contribution in [2.45, 2.75) is 46.3 Å². The van der Waals surface area contributed by atoms with Gasteiger partial charge in [-0.05, 0) is 39.3 Å². The van der Waals surface area contributed by atoms with Crippen LogP contribution < -0.4 is 5.32 Å². The van der Waals surface area contributed by atoms with Crippen LogP contribution in [0.1, 0.15) is 37.7 Å². The number of rotatable bonds is 4. The van der Waals surface area contributed by atoms with Crippen LogP contribution in [0.15, 0.2) is 24.5 Å². The highest BCUT2D eigenvalue weighted by Crippen LogP contribution is 2.13. The molecule has 0 aromatic carbocycles. The Kier molecular flexibility index (Phi) is 4.45. The minimum absolute atomic E-state index is 0.113. The molecule has 108 valence electrons. The summed E-state index contributed by atoms with van der Waals surface area (Å²) in [6.07, 6.45) is 3.74. The minimum atomic E-state index is 0.113. The van der Waals surface area contributed by atoms with Gasteiger partial charge < -0.3 is 5.32 Å². The fourth-order valence-electron chi connectivity index (χ4n) is 1.76. The molecule has 0 aliphatic rings. The monoisotopic (exact) mass is 292 g/mol. The number of aromatic nitrogens is 3. The molecule has 0 atom stereocenters. The van der Waals surface area contributed by atoms with E-state index in [2.05, 4.69) is 42.2 Å². The van der Waals surface area contributed by atoms with Crippen molar-refractivity contribution in [2.75, 3.05) is 0 Å². The standard InChI is InChI=1S/C15H21ClN4/c1-11-14(16)10-20(19-11)9-13-6-5-12(7-17-13)8-18-15(2,3)4/h5-7,10,18H,8-9H2,1-4H3. The van der Waals surface area contributed by atoms with Gasteiger partial charge in [0, 0.05) is 24.5 Å². The topological polar surface area (TPSA) is 42.7 Å². The summed E-state index contributed by atoms with van der Waals surface area (Å²) in [5, 5.41) is 8.46. The predicted octanol–water partition coefficient (Wildman–Crippen LogP) is 3.18. The Morgan fingerprint density at radius 2 is 2.05 bits per heavy atom. The summed E-state index contributed by atoms with van der Waals surface area (Å²) in [5.74, 6) is 0. The van der Waals surface area contributed by atoms with Gasteiger partial charge in [0.25, 0.3) is 0 Å². The van der Waals surface area contributed by atoms with Gasteiger partial charge in [-0.3, -0.25) is 9.67 Å². The number of halogens is 1. The normalized spacial score (nSPS) is 11.8. The van der Waals surface area contributed by atoms with Gasteiger partial charge in [0.2, 0.25) is 0 Å². The fraction of sp³-hybridized carbons (Fsp3) is 0.467. The Bertz CT molecular complexity index is 547. The Labute approximate surface area is 125 Å². The van der Waals surface area contributed by atoms with E-state index in [0.717, 1.165) is 17.9 Å². The van der Waals surface area contributed by atoms with E-state index >= 15 is 0 Å². The number of hydrogen-bond donors (Lipinski definition) is 1. The smallest absolute Gasteiger partial charge is 0.0831 e. The average molecular weight is 293 g/mol. The van der Waals surface area contributed by atoms with Gasteiger partial charge in [0.05, 0.1) is 23.0 Å². The largest absolute Gasteiger partial charge is 0.308 e. The van der Waals surface area contributed by atoms with Crippen LogP contribution in [0.4, 0.5) is 0 Å². The van der Waals surface area contributed by atoms with Crippen molar-refractivity contribution in [3.05, 3.63) is 46.5 Å². The van der Waals surface area contributed by atoms with Crippen LogP contribution in [-0.2, 0) is 13.1 Å². The molecule has 0 unspecified atom stereocenters. The van der Waals surface area contributed by atoms with Gasteiger partial charge in [-0.1, -0.05) is 17.7 Å². The third-order valence-electron chi connectivity index (χ3n) is 2.92. The lowest BCUT2D eigenvalue weighted by molar-refractivity contribution is 0.424. The van der Waals surface area contributed by atoms with Crippen molar-refractivity contribution in [3.63, 3.8) is 0 Å². The molecule has 0 aliphatic carbocycles. The predicted molar refractivity (Wildman–Crippen MR) is 81.9 cm³/mol. The molecule has 1 N–H and O–H groups in total. The molecule has 0 radical (unpaired) electrons. The third kappa shape index (κ3) is 4.32. The summed E-state index contributed by atoms with van der Waals surface area (Å²) in [7, 11) is 0. The van der Waals surface area contributed by atoms with E-state index in [4.69, 9.17) is 11.6 Å². The van der Waals surface area contributed by atoms with Crippen molar-refractivity contribution in [1.82, 2.24) is 20.1 Å². The Morgan fingerprint density at radius 1 is 1.30 bits per heavy atom. The molecule has 2 aromatic rings. The maximum atomic E-state index is 5.99. The van der Waals surface area contributed by atoms with E-state index in [1.54, 1.807) is 0 Å². The van der Waals surface area contributed by atoms with Gasteiger partial charge in [0.1, 0.15) is 0 Å². The number of nitrogens with one attached hydrogen (secondary N) is 1. The molecule has 0 saturated heterocycles. The molecule has 0 aliphatic heterocycles. The highest BCUT2D eigenvalue weighted by molar-refractivity contribution is 6.31. The van der Waals surface area contributed by atoms with Gasteiger partial charge in [0.15, 0.2) is 0 Å². The SMILES string of the molecule is Cc1nn(Cc2ccc(CNC(C)(C)C)cn2)cc1Cl. The van der Waals surface area contributed by atoms with Crippen LogP contribution >= 0.6 is 11.6 Å². The van der Waals surface area contributed by atoms with Gasteiger partial charge in [-0.2, -0.15) is 5.10 Å². The van der Waals surface area contributed by atoms with Crippen molar-refractivity contribution < 1.29 is 0 Å². The second-order valence-corrected chi connectivity index (χ2v) is 6.43. The summed E-state index contributed by atoms with van der Waals surface area (Å²) in [5.41, 5.74) is 3.11. The molecule has 4 nitrogen and oxygen atoms in total. The summed E-state index contributed by atoms with van der Waals surface area (Å²) in [6, 6.07) is 4.13. The van der Waals surface area contributed by atoms with Crippen LogP contribution in [0.25, 0.3) is 0 Å². The van der Waals surface area contributed by atoms with E-state index in [9.17, 15) is 0 Å². The van der Waals surface area contributed by atoms with Crippen molar-refractivity contribution in [1.29, 1.82) is 0 Å². The quantitative estimate of drug-likeness (QED) is 0.941. The molecule has 5 heteroatoms. The van der Waals surface area contributed by atoms with Crippen LogP contribution in [0.5, 0.6) is 0 Å². The maximum Gasteiger partial charge on any atom is 0.0831 e. The van der Waals surface area contributed by atoms with Crippen LogP contribution in [0.2, 0.25) is 5.02 Å². The van der Waals surface area contributed by atoms with Gasteiger partial charge in [-0.15, -0.1) is 0 Å². The Balaban J connectivity index is 1.98. The summed E-state index contributed by atoms with van der Waals surface area (Å²) >= 11 is 5.99. The third-order valence-corrected chi connectivity index (χ3v) is 3.29. The lowest BCUT2D eigenvalue weighted by Gasteiger charge is -2.20. The number of pyridine rings is 1. The van der Waals surface area contributed by atoms with Crippen LogP contribution in [-0.4, -0.2) is 20.3 Å². The first kappa shape index (κ1) is 15.0. The zero-order valence-corrected chi connectivity index (χ0v) is 13.2.